The maximum Gasteiger partial charge on any atom is 0.152 e. The van der Waals surface area contributed by atoms with Gasteiger partial charge in [-0.05, 0) is 51.6 Å². The third-order valence-electron chi connectivity index (χ3n) is 4.30. The highest BCUT2D eigenvalue weighted by Gasteiger charge is 2.40. The molecule has 19 heavy (non-hydrogen) atoms. The molecule has 0 N–H and O–H groups in total. The van der Waals surface area contributed by atoms with Gasteiger partial charge in [0.25, 0.3) is 0 Å². The summed E-state index contributed by atoms with van der Waals surface area (Å²) in [5, 5.41) is 0. The first-order valence-electron chi connectivity index (χ1n) is 6.62. The molecule has 1 aromatic carbocycles. The minimum absolute atomic E-state index is 0.261. The Morgan fingerprint density at radius 2 is 2.00 bits per heavy atom. The van der Waals surface area contributed by atoms with Gasteiger partial charge >= 0.3 is 0 Å². The van der Waals surface area contributed by atoms with Crippen molar-refractivity contribution in [3.8, 4) is 0 Å². The molecule has 1 fully saturated rings. The van der Waals surface area contributed by atoms with Gasteiger partial charge in [0.2, 0.25) is 0 Å². The van der Waals surface area contributed by atoms with Crippen molar-refractivity contribution in [1.82, 2.24) is 4.90 Å². The Morgan fingerprint density at radius 3 is 2.47 bits per heavy atom. The summed E-state index contributed by atoms with van der Waals surface area (Å²) >= 11 is 3.48. The van der Waals surface area contributed by atoms with Crippen molar-refractivity contribution in [3.63, 3.8) is 0 Å². The van der Waals surface area contributed by atoms with E-state index in [1.54, 1.807) is 0 Å². The standard InChI is InChI=1S/C15H21BrN2O/c1-17(2)15(7-4-8-15)11-18(3)14-9-13(16)6-5-12(14)10-19/h5-6,9-10H,4,7-8,11H2,1-3H3. The van der Waals surface area contributed by atoms with Crippen LogP contribution >= 0.6 is 15.9 Å². The summed E-state index contributed by atoms with van der Waals surface area (Å²) in [4.78, 5) is 15.7. The van der Waals surface area contributed by atoms with Crippen LogP contribution in [0.25, 0.3) is 0 Å². The molecule has 0 spiro atoms. The molecule has 0 aromatic heterocycles. The Hall–Kier alpha value is -0.870. The zero-order valence-electron chi connectivity index (χ0n) is 11.8. The first kappa shape index (κ1) is 14.5. The van der Waals surface area contributed by atoms with Gasteiger partial charge in [0, 0.05) is 34.9 Å². The number of anilines is 1. The van der Waals surface area contributed by atoms with Gasteiger partial charge in [-0.15, -0.1) is 0 Å². The molecule has 0 bridgehead atoms. The third-order valence-corrected chi connectivity index (χ3v) is 4.79. The molecular formula is C15H21BrN2O. The summed E-state index contributed by atoms with van der Waals surface area (Å²) in [6.07, 6.45) is 4.69. The van der Waals surface area contributed by atoms with Gasteiger partial charge in [0.1, 0.15) is 0 Å². The zero-order valence-corrected chi connectivity index (χ0v) is 13.4. The zero-order chi connectivity index (χ0) is 14.0. The van der Waals surface area contributed by atoms with E-state index in [2.05, 4.69) is 46.9 Å². The van der Waals surface area contributed by atoms with Crippen LogP contribution in [0.5, 0.6) is 0 Å². The molecule has 0 heterocycles. The highest BCUT2D eigenvalue weighted by molar-refractivity contribution is 9.10. The minimum Gasteiger partial charge on any atom is -0.372 e. The topological polar surface area (TPSA) is 23.6 Å². The number of benzene rings is 1. The Labute approximate surface area is 123 Å². The maximum absolute atomic E-state index is 11.2. The van der Waals surface area contributed by atoms with E-state index < -0.39 is 0 Å². The van der Waals surface area contributed by atoms with E-state index in [9.17, 15) is 4.79 Å². The Morgan fingerprint density at radius 1 is 1.32 bits per heavy atom. The Bertz CT molecular complexity index is 469. The second-order valence-corrected chi connectivity index (χ2v) is 6.57. The number of aldehydes is 1. The molecule has 3 nitrogen and oxygen atoms in total. The fourth-order valence-corrected chi connectivity index (χ4v) is 3.15. The van der Waals surface area contributed by atoms with E-state index in [-0.39, 0.29) is 5.54 Å². The van der Waals surface area contributed by atoms with Gasteiger partial charge in [-0.25, -0.2) is 0 Å². The van der Waals surface area contributed by atoms with Crippen molar-refractivity contribution in [2.75, 3.05) is 32.6 Å². The molecule has 0 aliphatic heterocycles. The summed E-state index contributed by atoms with van der Waals surface area (Å²) < 4.78 is 1.01. The van der Waals surface area contributed by atoms with Gasteiger partial charge < -0.3 is 9.80 Å². The van der Waals surface area contributed by atoms with Crippen LogP contribution in [0.15, 0.2) is 22.7 Å². The molecule has 1 saturated carbocycles. The quantitative estimate of drug-likeness (QED) is 0.777. The second kappa shape index (κ2) is 5.63. The van der Waals surface area contributed by atoms with Crippen LogP contribution in [0.2, 0.25) is 0 Å². The van der Waals surface area contributed by atoms with Gasteiger partial charge in [0.15, 0.2) is 6.29 Å². The number of rotatable bonds is 5. The molecule has 104 valence electrons. The lowest BCUT2D eigenvalue weighted by atomic mass is 9.75. The van der Waals surface area contributed by atoms with E-state index >= 15 is 0 Å². The molecule has 0 atom stereocenters. The van der Waals surface area contributed by atoms with Crippen LogP contribution in [0.1, 0.15) is 29.6 Å². The smallest absolute Gasteiger partial charge is 0.152 e. The highest BCUT2D eigenvalue weighted by Crippen LogP contribution is 2.38. The van der Waals surface area contributed by atoms with E-state index in [4.69, 9.17) is 0 Å². The summed E-state index contributed by atoms with van der Waals surface area (Å²) in [6.45, 7) is 0.956. The first-order valence-corrected chi connectivity index (χ1v) is 7.41. The predicted molar refractivity (Wildman–Crippen MR) is 83.1 cm³/mol. The van der Waals surface area contributed by atoms with E-state index in [1.165, 1.54) is 19.3 Å². The highest BCUT2D eigenvalue weighted by atomic mass is 79.9. The monoisotopic (exact) mass is 324 g/mol. The van der Waals surface area contributed by atoms with Crippen LogP contribution in [0.3, 0.4) is 0 Å². The second-order valence-electron chi connectivity index (χ2n) is 5.65. The van der Waals surface area contributed by atoms with Gasteiger partial charge in [-0.3, -0.25) is 4.79 Å². The van der Waals surface area contributed by atoms with Crippen molar-refractivity contribution >= 4 is 27.9 Å². The number of halogens is 1. The lowest BCUT2D eigenvalue weighted by Crippen LogP contribution is -2.56. The lowest BCUT2D eigenvalue weighted by Gasteiger charge is -2.49. The number of nitrogens with zero attached hydrogens (tertiary/aromatic N) is 2. The van der Waals surface area contributed by atoms with Crippen molar-refractivity contribution < 1.29 is 4.79 Å². The number of carbonyl (C=O) groups is 1. The van der Waals surface area contributed by atoms with Crippen LogP contribution in [0.4, 0.5) is 5.69 Å². The molecule has 4 heteroatoms. The average molecular weight is 325 g/mol. The summed E-state index contributed by atoms with van der Waals surface area (Å²) in [7, 11) is 6.36. The lowest BCUT2D eigenvalue weighted by molar-refractivity contribution is 0.0683. The molecule has 1 aliphatic carbocycles. The van der Waals surface area contributed by atoms with Gasteiger partial charge in [-0.2, -0.15) is 0 Å². The van der Waals surface area contributed by atoms with E-state index in [1.807, 2.05) is 18.2 Å². The fourth-order valence-electron chi connectivity index (χ4n) is 2.81. The molecule has 0 amide bonds. The molecule has 0 unspecified atom stereocenters. The molecule has 0 saturated heterocycles. The minimum atomic E-state index is 0.261. The summed E-state index contributed by atoms with van der Waals surface area (Å²) in [6, 6.07) is 5.80. The van der Waals surface area contributed by atoms with Crippen molar-refractivity contribution in [3.05, 3.63) is 28.2 Å². The van der Waals surface area contributed by atoms with E-state index in [0.29, 0.717) is 0 Å². The average Bonchev–Trinajstić information content (AvgIpc) is 2.33. The first-order chi connectivity index (χ1) is 8.98. The third kappa shape index (κ3) is 2.84. The van der Waals surface area contributed by atoms with Crippen LogP contribution in [-0.4, -0.2) is 44.4 Å². The summed E-state index contributed by atoms with van der Waals surface area (Å²) in [5.41, 5.74) is 2.01. The van der Waals surface area contributed by atoms with Gasteiger partial charge in [-0.1, -0.05) is 15.9 Å². The Balaban J connectivity index is 2.22. The van der Waals surface area contributed by atoms with Crippen molar-refractivity contribution in [1.29, 1.82) is 0 Å². The predicted octanol–water partition coefficient (Wildman–Crippen LogP) is 3.18. The molecule has 0 radical (unpaired) electrons. The SMILES string of the molecule is CN(CC1(N(C)C)CCC1)c1cc(Br)ccc1C=O. The normalized spacial score (nSPS) is 17.1. The van der Waals surface area contributed by atoms with Crippen molar-refractivity contribution in [2.24, 2.45) is 0 Å². The van der Waals surface area contributed by atoms with Crippen molar-refractivity contribution in [2.45, 2.75) is 24.8 Å². The number of hydrogen-bond donors (Lipinski definition) is 0. The largest absolute Gasteiger partial charge is 0.372 e. The Kier molecular flexibility index (Phi) is 4.31. The van der Waals surface area contributed by atoms with Gasteiger partial charge in [0.05, 0.1) is 0 Å². The van der Waals surface area contributed by atoms with Crippen LogP contribution in [-0.2, 0) is 0 Å². The number of likely N-dealkylation sites (N-methyl/N-ethyl adjacent to an activating group) is 2. The number of carbonyl (C=O) groups excluding carboxylic acids is 1. The molecule has 1 aliphatic rings. The fraction of sp³-hybridized carbons (Fsp3) is 0.533. The maximum atomic E-state index is 11.2. The summed E-state index contributed by atoms with van der Waals surface area (Å²) in [5.74, 6) is 0. The number of hydrogen-bond acceptors (Lipinski definition) is 3. The molecule has 1 aromatic rings. The molecular weight excluding hydrogens is 304 g/mol. The molecule has 2 rings (SSSR count). The van der Waals surface area contributed by atoms with Crippen LogP contribution in [0, 0.1) is 0 Å². The van der Waals surface area contributed by atoms with E-state index in [0.717, 1.165) is 28.6 Å². The van der Waals surface area contributed by atoms with Crippen LogP contribution < -0.4 is 4.90 Å².